The van der Waals surface area contributed by atoms with Crippen molar-refractivity contribution in [2.24, 2.45) is 0 Å². The van der Waals surface area contributed by atoms with Crippen molar-refractivity contribution in [2.75, 3.05) is 59.7 Å². The fourth-order valence-corrected chi connectivity index (χ4v) is 4.61. The van der Waals surface area contributed by atoms with Gasteiger partial charge in [0.15, 0.2) is 5.11 Å². The molecule has 2 aliphatic rings. The lowest BCUT2D eigenvalue weighted by atomic mass is 10.1. The highest BCUT2D eigenvalue weighted by atomic mass is 32.1. The van der Waals surface area contributed by atoms with Gasteiger partial charge >= 0.3 is 0 Å². The molecule has 0 spiro atoms. The van der Waals surface area contributed by atoms with Crippen LogP contribution in [0.4, 0.5) is 0 Å². The minimum atomic E-state index is -0.0971. The quantitative estimate of drug-likeness (QED) is 0.423. The average Bonchev–Trinajstić information content (AvgIpc) is 3.35. The predicted octanol–water partition coefficient (Wildman–Crippen LogP) is 2.11. The number of fused-ring (bicyclic) bond motifs is 1. The number of hydrogen-bond acceptors (Lipinski definition) is 6. The Morgan fingerprint density at radius 1 is 1.30 bits per heavy atom. The fraction of sp³-hybridized carbons (Fsp3) is 0.583. The highest BCUT2D eigenvalue weighted by molar-refractivity contribution is 7.80. The summed E-state index contributed by atoms with van der Waals surface area (Å²) in [5.41, 5.74) is 1.37. The number of rotatable bonds is 9. The molecule has 1 atom stereocenters. The van der Waals surface area contributed by atoms with Crippen LogP contribution < -0.4 is 15.6 Å². The first-order chi connectivity index (χ1) is 16.1. The van der Waals surface area contributed by atoms with Gasteiger partial charge in [0.25, 0.3) is 5.56 Å². The van der Waals surface area contributed by atoms with Gasteiger partial charge in [-0.25, -0.2) is 0 Å². The normalized spacial score (nSPS) is 19.0. The van der Waals surface area contributed by atoms with Gasteiger partial charge in [0, 0.05) is 49.3 Å². The van der Waals surface area contributed by atoms with Crippen LogP contribution in [0.25, 0.3) is 10.9 Å². The Bertz CT molecular complexity index is 986. The van der Waals surface area contributed by atoms with Crippen LogP contribution >= 0.6 is 12.2 Å². The average molecular weight is 475 g/mol. The van der Waals surface area contributed by atoms with E-state index in [1.165, 1.54) is 0 Å². The summed E-state index contributed by atoms with van der Waals surface area (Å²) in [6.45, 7) is 7.31. The molecule has 1 aromatic heterocycles. The SMILES string of the molecule is COc1ccc2[nH]c(=O)c(CN(C[C@H]3CCCO3)C(=S)NCCCN3CCOCC3)cc2c1. The number of methoxy groups -OCH3 is 1. The summed E-state index contributed by atoms with van der Waals surface area (Å²) in [6.07, 6.45) is 3.22. The maximum absolute atomic E-state index is 12.8. The summed E-state index contributed by atoms with van der Waals surface area (Å²) in [6, 6.07) is 7.57. The highest BCUT2D eigenvalue weighted by Gasteiger charge is 2.22. The third kappa shape index (κ3) is 6.66. The standard InChI is InChI=1S/C24H34N4O4S/c1-30-20-5-6-22-18(15-20)14-19(23(29)26-22)16-28(17-21-4-2-11-32-21)24(33)25-7-3-8-27-9-12-31-13-10-27/h5-6,14-15,21H,2-4,7-13,16-17H2,1H3,(H,25,33)(H,26,29)/t21-/m1/s1. The van der Waals surface area contributed by atoms with Crippen molar-refractivity contribution < 1.29 is 14.2 Å². The number of hydrogen-bond donors (Lipinski definition) is 2. The van der Waals surface area contributed by atoms with Crippen LogP contribution in [-0.4, -0.2) is 85.7 Å². The van der Waals surface area contributed by atoms with E-state index in [0.29, 0.717) is 23.8 Å². The monoisotopic (exact) mass is 474 g/mol. The predicted molar refractivity (Wildman–Crippen MR) is 133 cm³/mol. The lowest BCUT2D eigenvalue weighted by molar-refractivity contribution is 0.0375. The second-order valence-corrected chi connectivity index (χ2v) is 9.02. The van der Waals surface area contributed by atoms with E-state index in [1.807, 2.05) is 24.3 Å². The second kappa shape index (κ2) is 11.8. The first kappa shape index (κ1) is 23.9. The fourth-order valence-electron chi connectivity index (χ4n) is 4.37. The van der Waals surface area contributed by atoms with Crippen LogP contribution in [-0.2, 0) is 16.0 Å². The van der Waals surface area contributed by atoms with Gasteiger partial charge in [-0.2, -0.15) is 0 Å². The van der Waals surface area contributed by atoms with E-state index in [9.17, 15) is 4.79 Å². The summed E-state index contributed by atoms with van der Waals surface area (Å²) in [5.74, 6) is 0.758. The van der Waals surface area contributed by atoms with E-state index >= 15 is 0 Å². The molecule has 8 nitrogen and oxygen atoms in total. The molecule has 2 fully saturated rings. The Morgan fingerprint density at radius 3 is 2.91 bits per heavy atom. The molecule has 1 aromatic carbocycles. The van der Waals surface area contributed by atoms with Crippen molar-refractivity contribution in [3.8, 4) is 5.75 Å². The Morgan fingerprint density at radius 2 is 2.15 bits per heavy atom. The molecule has 2 aliphatic heterocycles. The number of H-pyrrole nitrogens is 1. The van der Waals surface area contributed by atoms with Crippen LogP contribution in [0.5, 0.6) is 5.75 Å². The first-order valence-electron chi connectivity index (χ1n) is 11.8. The third-order valence-corrected chi connectivity index (χ3v) is 6.66. The number of ether oxygens (including phenoxy) is 3. The van der Waals surface area contributed by atoms with Crippen LogP contribution in [0.2, 0.25) is 0 Å². The molecule has 2 aromatic rings. The zero-order chi connectivity index (χ0) is 23.0. The van der Waals surface area contributed by atoms with E-state index in [2.05, 4.69) is 20.1 Å². The van der Waals surface area contributed by atoms with E-state index in [-0.39, 0.29) is 11.7 Å². The topological polar surface area (TPSA) is 79.1 Å². The molecule has 2 saturated heterocycles. The summed E-state index contributed by atoms with van der Waals surface area (Å²) < 4.78 is 16.6. The van der Waals surface area contributed by atoms with E-state index < -0.39 is 0 Å². The molecule has 3 heterocycles. The van der Waals surface area contributed by atoms with Gasteiger partial charge in [-0.05, 0) is 62.3 Å². The molecule has 4 rings (SSSR count). The van der Waals surface area contributed by atoms with Gasteiger partial charge in [-0.3, -0.25) is 9.69 Å². The summed E-state index contributed by atoms with van der Waals surface area (Å²) >= 11 is 5.75. The Kier molecular flexibility index (Phi) is 8.55. The van der Waals surface area contributed by atoms with E-state index in [4.69, 9.17) is 26.4 Å². The van der Waals surface area contributed by atoms with Crippen molar-refractivity contribution in [3.05, 3.63) is 40.2 Å². The maximum Gasteiger partial charge on any atom is 0.253 e. The number of thiocarbonyl (C=S) groups is 1. The molecule has 0 saturated carbocycles. The molecular formula is C24H34N4O4S. The molecule has 9 heteroatoms. The van der Waals surface area contributed by atoms with Crippen molar-refractivity contribution in [1.29, 1.82) is 0 Å². The van der Waals surface area contributed by atoms with Crippen LogP contribution in [0, 0.1) is 0 Å². The summed E-state index contributed by atoms with van der Waals surface area (Å²) in [5, 5.41) is 5.00. The minimum absolute atomic E-state index is 0.0971. The van der Waals surface area contributed by atoms with E-state index in [1.54, 1.807) is 7.11 Å². The molecule has 0 radical (unpaired) electrons. The highest BCUT2D eigenvalue weighted by Crippen LogP contribution is 2.20. The number of nitrogens with one attached hydrogen (secondary N) is 2. The zero-order valence-corrected chi connectivity index (χ0v) is 20.1. The van der Waals surface area contributed by atoms with Crippen molar-refractivity contribution in [1.82, 2.24) is 20.1 Å². The van der Waals surface area contributed by atoms with Crippen molar-refractivity contribution in [3.63, 3.8) is 0 Å². The summed E-state index contributed by atoms with van der Waals surface area (Å²) in [7, 11) is 1.64. The lowest BCUT2D eigenvalue weighted by Gasteiger charge is -2.29. The van der Waals surface area contributed by atoms with Gasteiger partial charge in [-0.1, -0.05) is 0 Å². The molecule has 0 amide bonds. The minimum Gasteiger partial charge on any atom is -0.497 e. The molecule has 0 aliphatic carbocycles. The van der Waals surface area contributed by atoms with Gasteiger partial charge in [0.1, 0.15) is 5.75 Å². The van der Waals surface area contributed by atoms with E-state index in [0.717, 1.165) is 81.9 Å². The Balaban J connectivity index is 1.41. The molecule has 33 heavy (non-hydrogen) atoms. The van der Waals surface area contributed by atoms with Crippen LogP contribution in [0.15, 0.2) is 29.1 Å². The number of benzene rings is 1. The van der Waals surface area contributed by atoms with Crippen LogP contribution in [0.1, 0.15) is 24.8 Å². The second-order valence-electron chi connectivity index (χ2n) is 8.63. The molecule has 0 unspecified atom stereocenters. The molecule has 180 valence electrons. The number of morpholine rings is 1. The number of pyridine rings is 1. The lowest BCUT2D eigenvalue weighted by Crippen LogP contribution is -2.45. The Hall–Kier alpha value is -2.20. The van der Waals surface area contributed by atoms with Gasteiger partial charge < -0.3 is 29.4 Å². The van der Waals surface area contributed by atoms with Crippen molar-refractivity contribution >= 4 is 28.2 Å². The third-order valence-electron chi connectivity index (χ3n) is 6.26. The molecule has 0 bridgehead atoms. The van der Waals surface area contributed by atoms with Crippen LogP contribution in [0.3, 0.4) is 0 Å². The first-order valence-corrected chi connectivity index (χ1v) is 12.2. The number of aromatic nitrogens is 1. The molecule has 2 N–H and O–H groups in total. The smallest absolute Gasteiger partial charge is 0.253 e. The largest absolute Gasteiger partial charge is 0.497 e. The number of aromatic amines is 1. The summed E-state index contributed by atoms with van der Waals surface area (Å²) in [4.78, 5) is 20.3. The maximum atomic E-state index is 12.8. The van der Waals surface area contributed by atoms with Gasteiger partial charge in [0.05, 0.1) is 33.0 Å². The molecular weight excluding hydrogens is 440 g/mol. The number of nitrogens with zero attached hydrogens (tertiary/aromatic N) is 2. The van der Waals surface area contributed by atoms with Crippen molar-refractivity contribution in [2.45, 2.75) is 31.9 Å². The van der Waals surface area contributed by atoms with Gasteiger partial charge in [-0.15, -0.1) is 0 Å². The van der Waals surface area contributed by atoms with Gasteiger partial charge in [0.2, 0.25) is 0 Å². The Labute approximate surface area is 200 Å². The zero-order valence-electron chi connectivity index (χ0n) is 19.3.